The van der Waals surface area contributed by atoms with Gasteiger partial charge in [-0.25, -0.2) is 0 Å². The molecule has 0 bridgehead atoms. The standard InChI is InChI=1S/C17H29N3O2/c1-12(18-17(22)13-5-3-4-6-13)7-16(21)20-10-14-8-19(2)9-15(14)11-20/h12-15H,3-11H2,1-2H3,(H,18,22)/t12?,14-,15+. The van der Waals surface area contributed by atoms with Crippen molar-refractivity contribution in [3.05, 3.63) is 0 Å². The van der Waals surface area contributed by atoms with E-state index in [1.165, 1.54) is 0 Å². The summed E-state index contributed by atoms with van der Waals surface area (Å²) in [6, 6.07) is -0.0521. The highest BCUT2D eigenvalue weighted by atomic mass is 16.2. The summed E-state index contributed by atoms with van der Waals surface area (Å²) in [5.74, 6) is 1.84. The zero-order valence-electron chi connectivity index (χ0n) is 13.9. The van der Waals surface area contributed by atoms with Gasteiger partial charge in [0.15, 0.2) is 0 Å². The molecule has 3 aliphatic rings. The first-order valence-corrected chi connectivity index (χ1v) is 8.79. The average molecular weight is 307 g/mol. The van der Waals surface area contributed by atoms with Crippen LogP contribution in [0.5, 0.6) is 0 Å². The van der Waals surface area contributed by atoms with Crippen LogP contribution >= 0.6 is 0 Å². The second kappa shape index (κ2) is 6.57. The van der Waals surface area contributed by atoms with Crippen LogP contribution in [0.15, 0.2) is 0 Å². The smallest absolute Gasteiger partial charge is 0.224 e. The third-order valence-corrected chi connectivity index (χ3v) is 5.62. The normalized spacial score (nSPS) is 30.5. The molecule has 0 aromatic carbocycles. The molecular formula is C17H29N3O2. The van der Waals surface area contributed by atoms with E-state index >= 15 is 0 Å². The first-order valence-electron chi connectivity index (χ1n) is 8.79. The zero-order chi connectivity index (χ0) is 15.7. The van der Waals surface area contributed by atoms with Crippen LogP contribution in [0, 0.1) is 17.8 Å². The van der Waals surface area contributed by atoms with E-state index in [0.717, 1.165) is 51.9 Å². The van der Waals surface area contributed by atoms with Crippen molar-refractivity contribution in [2.75, 3.05) is 33.2 Å². The summed E-state index contributed by atoms with van der Waals surface area (Å²) >= 11 is 0. The molecule has 22 heavy (non-hydrogen) atoms. The molecule has 1 saturated carbocycles. The average Bonchev–Trinajstić information content (AvgIpc) is 3.12. The molecule has 1 unspecified atom stereocenters. The summed E-state index contributed by atoms with van der Waals surface area (Å²) < 4.78 is 0. The van der Waals surface area contributed by atoms with Gasteiger partial charge in [-0.1, -0.05) is 12.8 Å². The molecule has 124 valence electrons. The number of nitrogens with one attached hydrogen (secondary N) is 1. The number of hydrogen-bond acceptors (Lipinski definition) is 3. The van der Waals surface area contributed by atoms with Crippen LogP contribution < -0.4 is 5.32 Å². The predicted octanol–water partition coefficient (Wildman–Crippen LogP) is 1.09. The van der Waals surface area contributed by atoms with Gasteiger partial charge in [0.05, 0.1) is 0 Å². The highest BCUT2D eigenvalue weighted by Crippen LogP contribution is 2.30. The third kappa shape index (κ3) is 3.45. The molecule has 2 amide bonds. The monoisotopic (exact) mass is 307 g/mol. The minimum atomic E-state index is -0.0521. The molecule has 0 aromatic heterocycles. The molecule has 3 atom stereocenters. The molecule has 0 radical (unpaired) electrons. The van der Waals surface area contributed by atoms with Gasteiger partial charge in [0.25, 0.3) is 0 Å². The van der Waals surface area contributed by atoms with Gasteiger partial charge in [-0.3, -0.25) is 9.59 Å². The van der Waals surface area contributed by atoms with E-state index in [4.69, 9.17) is 0 Å². The van der Waals surface area contributed by atoms with Gasteiger partial charge in [-0.05, 0) is 38.6 Å². The topological polar surface area (TPSA) is 52.7 Å². The lowest BCUT2D eigenvalue weighted by molar-refractivity contribution is -0.131. The van der Waals surface area contributed by atoms with E-state index < -0.39 is 0 Å². The molecule has 3 rings (SSSR count). The van der Waals surface area contributed by atoms with Gasteiger partial charge in [0.1, 0.15) is 0 Å². The molecule has 2 heterocycles. The van der Waals surface area contributed by atoms with Gasteiger partial charge in [-0.2, -0.15) is 0 Å². The maximum absolute atomic E-state index is 12.4. The number of carbonyl (C=O) groups excluding carboxylic acids is 2. The van der Waals surface area contributed by atoms with E-state index in [2.05, 4.69) is 17.3 Å². The van der Waals surface area contributed by atoms with Crippen LogP contribution in [0.2, 0.25) is 0 Å². The fourth-order valence-corrected chi connectivity index (χ4v) is 4.42. The Labute approximate surface area is 133 Å². The van der Waals surface area contributed by atoms with E-state index in [-0.39, 0.29) is 23.8 Å². The molecule has 0 spiro atoms. The minimum Gasteiger partial charge on any atom is -0.353 e. The highest BCUT2D eigenvalue weighted by molar-refractivity contribution is 5.81. The summed E-state index contributed by atoms with van der Waals surface area (Å²) in [5, 5.41) is 3.04. The van der Waals surface area contributed by atoms with Gasteiger partial charge in [0, 0.05) is 44.6 Å². The van der Waals surface area contributed by atoms with Crippen LogP contribution in [0.1, 0.15) is 39.0 Å². The van der Waals surface area contributed by atoms with Crippen LogP contribution in [0.3, 0.4) is 0 Å². The lowest BCUT2D eigenvalue weighted by Gasteiger charge is -2.22. The molecule has 0 aromatic rings. The van der Waals surface area contributed by atoms with Crippen molar-refractivity contribution in [3.63, 3.8) is 0 Å². The second-order valence-corrected chi connectivity index (χ2v) is 7.64. The molecule has 2 aliphatic heterocycles. The number of rotatable bonds is 4. The Morgan fingerprint density at radius 3 is 2.27 bits per heavy atom. The van der Waals surface area contributed by atoms with E-state index in [0.29, 0.717) is 18.3 Å². The number of nitrogens with zero attached hydrogens (tertiary/aromatic N) is 2. The van der Waals surface area contributed by atoms with E-state index in [1.807, 2.05) is 11.8 Å². The number of likely N-dealkylation sites (tertiary alicyclic amines) is 2. The molecule has 5 nitrogen and oxygen atoms in total. The van der Waals surface area contributed by atoms with Gasteiger partial charge < -0.3 is 15.1 Å². The van der Waals surface area contributed by atoms with Gasteiger partial charge >= 0.3 is 0 Å². The summed E-state index contributed by atoms with van der Waals surface area (Å²) in [6.07, 6.45) is 4.78. The minimum absolute atomic E-state index is 0.0521. The fourth-order valence-electron chi connectivity index (χ4n) is 4.42. The Balaban J connectivity index is 1.43. The SMILES string of the molecule is CC(CC(=O)N1C[C@H]2CN(C)C[C@H]2C1)NC(=O)C1CCCC1. The van der Waals surface area contributed by atoms with Crippen LogP contribution in [-0.4, -0.2) is 60.9 Å². The van der Waals surface area contributed by atoms with Crippen LogP contribution in [0.4, 0.5) is 0 Å². The molecular weight excluding hydrogens is 278 g/mol. The number of fused-ring (bicyclic) bond motifs is 1. The maximum Gasteiger partial charge on any atom is 0.224 e. The summed E-state index contributed by atoms with van der Waals surface area (Å²) in [6.45, 7) is 5.98. The second-order valence-electron chi connectivity index (χ2n) is 7.64. The third-order valence-electron chi connectivity index (χ3n) is 5.62. The largest absolute Gasteiger partial charge is 0.353 e. The quantitative estimate of drug-likeness (QED) is 0.846. The Bertz CT molecular complexity index is 420. The lowest BCUT2D eigenvalue weighted by atomic mass is 10.0. The summed E-state index contributed by atoms with van der Waals surface area (Å²) in [5.41, 5.74) is 0. The molecule has 3 fully saturated rings. The van der Waals surface area contributed by atoms with Crippen molar-refractivity contribution in [1.82, 2.24) is 15.1 Å². The molecule has 5 heteroatoms. The Kier molecular flexibility index (Phi) is 4.71. The first-order chi connectivity index (χ1) is 10.5. The van der Waals surface area contributed by atoms with Crippen LogP contribution in [-0.2, 0) is 9.59 Å². The molecule has 2 saturated heterocycles. The first kappa shape index (κ1) is 15.8. The lowest BCUT2D eigenvalue weighted by Crippen LogP contribution is -2.41. The Morgan fingerprint density at radius 2 is 1.68 bits per heavy atom. The van der Waals surface area contributed by atoms with Crippen molar-refractivity contribution in [1.29, 1.82) is 0 Å². The fraction of sp³-hybridized carbons (Fsp3) is 0.882. The summed E-state index contributed by atoms with van der Waals surface area (Å²) in [7, 11) is 2.16. The predicted molar refractivity (Wildman–Crippen MR) is 85.2 cm³/mol. The van der Waals surface area contributed by atoms with Crippen LogP contribution in [0.25, 0.3) is 0 Å². The summed E-state index contributed by atoms with van der Waals surface area (Å²) in [4.78, 5) is 28.9. The number of carbonyl (C=O) groups is 2. The van der Waals surface area contributed by atoms with Gasteiger partial charge in [-0.15, -0.1) is 0 Å². The van der Waals surface area contributed by atoms with Gasteiger partial charge in [0.2, 0.25) is 11.8 Å². The van der Waals surface area contributed by atoms with E-state index in [1.54, 1.807) is 0 Å². The number of hydrogen-bond donors (Lipinski definition) is 1. The van der Waals surface area contributed by atoms with Crippen molar-refractivity contribution >= 4 is 11.8 Å². The van der Waals surface area contributed by atoms with E-state index in [9.17, 15) is 9.59 Å². The zero-order valence-corrected chi connectivity index (χ0v) is 13.9. The highest BCUT2D eigenvalue weighted by Gasteiger charge is 2.40. The van der Waals surface area contributed by atoms with Crippen molar-refractivity contribution < 1.29 is 9.59 Å². The Hall–Kier alpha value is -1.10. The van der Waals surface area contributed by atoms with Crippen molar-refractivity contribution in [3.8, 4) is 0 Å². The van der Waals surface area contributed by atoms with Crippen molar-refractivity contribution in [2.45, 2.75) is 45.1 Å². The van der Waals surface area contributed by atoms with Crippen molar-refractivity contribution in [2.24, 2.45) is 17.8 Å². The Morgan fingerprint density at radius 1 is 1.09 bits per heavy atom. The molecule has 1 N–H and O–H groups in total. The molecule has 1 aliphatic carbocycles. The number of amides is 2. The maximum atomic E-state index is 12.4.